The van der Waals surface area contributed by atoms with E-state index < -0.39 is 5.97 Å². The Morgan fingerprint density at radius 2 is 1.85 bits per heavy atom. The van der Waals surface area contributed by atoms with Crippen LogP contribution in [0.25, 0.3) is 0 Å². The van der Waals surface area contributed by atoms with E-state index in [1.807, 2.05) is 0 Å². The van der Waals surface area contributed by atoms with E-state index in [1.165, 1.54) is 6.07 Å². The largest absolute Gasteiger partial charge is 0.478 e. The lowest BCUT2D eigenvalue weighted by Crippen LogP contribution is -2.50. The second-order valence-electron chi connectivity index (χ2n) is 4.57. The van der Waals surface area contributed by atoms with Crippen LogP contribution in [-0.2, 0) is 0 Å². The number of nitrogens with zero attached hydrogens (tertiary/aromatic N) is 2. The van der Waals surface area contributed by atoms with Crippen LogP contribution < -0.4 is 5.32 Å². The molecule has 0 atom stereocenters. The fourth-order valence-electron chi connectivity index (χ4n) is 2.11. The van der Waals surface area contributed by atoms with Gasteiger partial charge in [0, 0.05) is 26.2 Å². The van der Waals surface area contributed by atoms with E-state index >= 15 is 0 Å². The van der Waals surface area contributed by atoms with Crippen molar-refractivity contribution in [2.24, 2.45) is 0 Å². The fraction of sp³-hybridized carbons (Fsp3) is 0.385. The molecule has 1 aromatic carbocycles. The number of piperazine rings is 1. The molecule has 20 heavy (non-hydrogen) atoms. The highest BCUT2D eigenvalue weighted by molar-refractivity contribution is 6.08. The van der Waals surface area contributed by atoms with Gasteiger partial charge in [-0.3, -0.25) is 0 Å². The summed E-state index contributed by atoms with van der Waals surface area (Å²) in [5, 5.41) is 12.7. The molecule has 0 bridgehead atoms. The van der Waals surface area contributed by atoms with Crippen molar-refractivity contribution in [1.82, 2.24) is 9.80 Å². The number of para-hydroxylation sites is 1. The molecule has 2 amide bonds. The number of hydrogen-bond acceptors (Lipinski definition) is 3. The lowest BCUT2D eigenvalue weighted by atomic mass is 10.2. The normalized spacial score (nSPS) is 15.9. The quantitative estimate of drug-likeness (QED) is 0.802. The Morgan fingerprint density at radius 1 is 1.20 bits per heavy atom. The van der Waals surface area contributed by atoms with E-state index in [2.05, 4.69) is 26.5 Å². The van der Waals surface area contributed by atoms with Crippen LogP contribution in [0.4, 0.5) is 10.5 Å². The van der Waals surface area contributed by atoms with Crippen LogP contribution in [-0.4, -0.2) is 74.8 Å². The monoisotopic (exact) mass is 289 g/mol. The number of aromatic carboxylic acids is 1. The van der Waals surface area contributed by atoms with E-state index in [0.717, 1.165) is 18.5 Å². The van der Waals surface area contributed by atoms with Crippen molar-refractivity contribution in [1.29, 1.82) is 0 Å². The summed E-state index contributed by atoms with van der Waals surface area (Å²) in [5.74, 6) is -1.05. The summed E-state index contributed by atoms with van der Waals surface area (Å²) < 4.78 is 0. The number of amides is 2. The number of carboxylic acid groups (broad SMARTS) is 1. The standard InChI is InChI=1S/C13H16N3O3.Al/c1-15-6-8-16(9-7-15)13(19)14-11-5-3-2-4-10(11)12(17)18;/h2-5H,1,6-9H2,(H,14,19)(H,17,18);. The first-order valence-corrected chi connectivity index (χ1v) is 7.24. The fourth-order valence-corrected chi connectivity index (χ4v) is 2.47. The van der Waals surface area contributed by atoms with Crippen LogP contribution >= 0.6 is 0 Å². The van der Waals surface area contributed by atoms with Gasteiger partial charge in [-0.1, -0.05) is 17.5 Å². The summed E-state index contributed by atoms with van der Waals surface area (Å²) in [4.78, 5) is 27.2. The minimum absolute atomic E-state index is 0.101. The number of carboxylic acids is 1. The van der Waals surface area contributed by atoms with Crippen LogP contribution in [0.2, 0.25) is 0 Å². The molecule has 0 saturated carbocycles. The van der Waals surface area contributed by atoms with Gasteiger partial charge in [-0.2, -0.15) is 0 Å². The molecule has 0 aliphatic carbocycles. The first-order valence-electron chi connectivity index (χ1n) is 6.42. The molecule has 7 heteroatoms. The van der Waals surface area contributed by atoms with E-state index in [-0.39, 0.29) is 11.6 Å². The topological polar surface area (TPSA) is 72.9 Å². The summed E-state index contributed by atoms with van der Waals surface area (Å²) in [7, 11) is 0. The molecule has 1 aliphatic rings. The molecule has 1 aromatic rings. The van der Waals surface area contributed by atoms with E-state index in [1.54, 1.807) is 23.1 Å². The van der Waals surface area contributed by atoms with Crippen molar-refractivity contribution in [3.05, 3.63) is 29.8 Å². The molecular weight excluding hydrogens is 273 g/mol. The third-order valence-electron chi connectivity index (χ3n) is 3.32. The molecule has 1 saturated heterocycles. The van der Waals surface area contributed by atoms with Gasteiger partial charge >= 0.3 is 12.0 Å². The summed E-state index contributed by atoms with van der Waals surface area (Å²) >= 11 is 2.67. The lowest BCUT2D eigenvalue weighted by Gasteiger charge is -2.34. The Kier molecular flexibility index (Phi) is 5.01. The summed E-state index contributed by atoms with van der Waals surface area (Å²) in [5.41, 5.74) is 0.433. The van der Waals surface area contributed by atoms with Crippen molar-refractivity contribution in [3.63, 3.8) is 0 Å². The minimum atomic E-state index is -1.05. The second-order valence-corrected chi connectivity index (χ2v) is 4.93. The Bertz CT molecular complexity index is 501. The maximum absolute atomic E-state index is 12.1. The maximum Gasteiger partial charge on any atom is 0.337 e. The molecule has 1 heterocycles. The minimum Gasteiger partial charge on any atom is -0.478 e. The van der Waals surface area contributed by atoms with Gasteiger partial charge in [-0.15, -0.1) is 0 Å². The summed E-state index contributed by atoms with van der Waals surface area (Å²) in [6, 6.07) is 6.16. The number of carbonyl (C=O) groups excluding carboxylic acids is 1. The second kappa shape index (κ2) is 6.75. The number of nitrogens with one attached hydrogen (secondary N) is 1. The molecule has 1 aliphatic heterocycles. The molecule has 0 unspecified atom stereocenters. The van der Waals surface area contributed by atoms with E-state index in [0.29, 0.717) is 18.8 Å². The average Bonchev–Trinajstić information content (AvgIpc) is 2.47. The average molecular weight is 289 g/mol. The lowest BCUT2D eigenvalue weighted by molar-refractivity contribution is 0.0698. The Hall–Kier alpha value is -1.55. The molecule has 2 N–H and O–H groups in total. The number of anilines is 1. The predicted molar refractivity (Wildman–Crippen MR) is 76.2 cm³/mol. The van der Waals surface area contributed by atoms with Gasteiger partial charge in [0.05, 0.1) is 11.3 Å². The smallest absolute Gasteiger partial charge is 0.337 e. The highest BCUT2D eigenvalue weighted by Crippen LogP contribution is 2.16. The molecule has 104 valence electrons. The van der Waals surface area contributed by atoms with Crippen LogP contribution in [0.1, 0.15) is 10.4 Å². The van der Waals surface area contributed by atoms with E-state index in [9.17, 15) is 9.59 Å². The first kappa shape index (κ1) is 14.9. The Labute approximate surface area is 125 Å². The zero-order valence-electron chi connectivity index (χ0n) is 11.1. The molecule has 0 aromatic heterocycles. The van der Waals surface area contributed by atoms with Gasteiger partial charge in [0.1, 0.15) is 16.3 Å². The Morgan fingerprint density at radius 3 is 2.45 bits per heavy atom. The van der Waals surface area contributed by atoms with Crippen molar-refractivity contribution >= 4 is 34.0 Å². The summed E-state index contributed by atoms with van der Waals surface area (Å²) in [6.07, 6.45) is 0. The number of benzene rings is 1. The third kappa shape index (κ3) is 3.51. The molecule has 6 nitrogen and oxygen atoms in total. The van der Waals surface area contributed by atoms with Gasteiger partial charge in [0.15, 0.2) is 0 Å². The van der Waals surface area contributed by atoms with E-state index in [4.69, 9.17) is 5.11 Å². The van der Waals surface area contributed by atoms with Gasteiger partial charge in [-0.25, -0.2) is 9.59 Å². The van der Waals surface area contributed by atoms with Crippen LogP contribution in [0.5, 0.6) is 0 Å². The first-order chi connectivity index (χ1) is 9.61. The zero-order chi connectivity index (χ0) is 14.5. The summed E-state index contributed by atoms with van der Waals surface area (Å²) in [6.45, 7) is 2.96. The molecule has 0 spiro atoms. The highest BCUT2D eigenvalue weighted by Gasteiger charge is 2.21. The van der Waals surface area contributed by atoms with Gasteiger partial charge in [0.25, 0.3) is 0 Å². The number of rotatable bonds is 3. The maximum atomic E-state index is 12.1. The van der Waals surface area contributed by atoms with Crippen molar-refractivity contribution < 1.29 is 14.7 Å². The number of hydrogen-bond donors (Lipinski definition) is 2. The van der Waals surface area contributed by atoms with Gasteiger partial charge < -0.3 is 20.2 Å². The van der Waals surface area contributed by atoms with Crippen molar-refractivity contribution in [3.8, 4) is 0 Å². The molecule has 2 radical (unpaired) electrons. The van der Waals surface area contributed by atoms with Crippen molar-refractivity contribution in [2.75, 3.05) is 36.9 Å². The van der Waals surface area contributed by atoms with Crippen LogP contribution in [0.3, 0.4) is 0 Å². The molecule has 2 rings (SSSR count). The van der Waals surface area contributed by atoms with Gasteiger partial charge in [-0.05, 0) is 12.1 Å². The van der Waals surface area contributed by atoms with Gasteiger partial charge in [0.2, 0.25) is 0 Å². The Balaban J connectivity index is 2.00. The highest BCUT2D eigenvalue weighted by atomic mass is 27.0. The molecule has 1 fully saturated rings. The van der Waals surface area contributed by atoms with Crippen LogP contribution in [0, 0.1) is 0 Å². The number of urea groups is 1. The molecular formula is C13H16AlN3O3. The third-order valence-corrected chi connectivity index (χ3v) is 3.83. The number of carbonyl (C=O) groups is 2. The SMILES string of the molecule is O=C(O)c1ccccc1NC(=O)N1CCN([CH2][Al])CC1. The predicted octanol–water partition coefficient (Wildman–Crippen LogP) is 0.660. The van der Waals surface area contributed by atoms with Crippen LogP contribution in [0.15, 0.2) is 24.3 Å². The van der Waals surface area contributed by atoms with Crippen molar-refractivity contribution in [2.45, 2.75) is 0 Å². The zero-order valence-corrected chi connectivity index (χ0v) is 12.2.